The van der Waals surface area contributed by atoms with E-state index in [2.05, 4.69) is 15.0 Å². The van der Waals surface area contributed by atoms with Crippen molar-refractivity contribution in [3.8, 4) is 11.5 Å². The summed E-state index contributed by atoms with van der Waals surface area (Å²) in [4.78, 5) is 12.0. The Balaban J connectivity index is 2.05. The van der Waals surface area contributed by atoms with E-state index in [1.54, 1.807) is 0 Å². The smallest absolute Gasteiger partial charge is 0.355 e. The van der Waals surface area contributed by atoms with Gasteiger partial charge in [0, 0.05) is 14.2 Å². The Morgan fingerprint density at radius 2 is 2.12 bits per heavy atom. The van der Waals surface area contributed by atoms with Crippen LogP contribution in [-0.2, 0) is 29.0 Å². The summed E-state index contributed by atoms with van der Waals surface area (Å²) in [6, 6.07) is 0. The normalized spacial score (nSPS) is 27.2. The van der Waals surface area contributed by atoms with Crippen LogP contribution >= 0.6 is 7.60 Å². The van der Waals surface area contributed by atoms with Crippen LogP contribution in [0.1, 0.15) is 0 Å². The lowest BCUT2D eigenvalue weighted by Crippen LogP contribution is -2.49. The van der Waals surface area contributed by atoms with Gasteiger partial charge in [-0.2, -0.15) is 0 Å². The molecule has 1 saturated heterocycles. The van der Waals surface area contributed by atoms with Crippen LogP contribution in [0.4, 0.5) is 5.82 Å². The van der Waals surface area contributed by atoms with Gasteiger partial charge in [-0.05, 0) is 0 Å². The number of hydrogen-bond acceptors (Lipinski definition) is 11. The Labute approximate surface area is 142 Å². The molecule has 0 saturated carbocycles. The number of anilines is 1. The van der Waals surface area contributed by atoms with Gasteiger partial charge < -0.3 is 34.5 Å². The predicted molar refractivity (Wildman–Crippen MR) is 82.4 cm³/mol. The number of rotatable bonds is 6. The SMILES string of the molecule is COP(=O)(CO[C@@]1(n2cnc3ncnc-3c2N)OC[C@@H](O)[C@H]1O)OC. The zero-order chi connectivity index (χ0) is 18.2. The van der Waals surface area contributed by atoms with Gasteiger partial charge in [0.15, 0.2) is 18.3 Å². The van der Waals surface area contributed by atoms with Crippen LogP contribution in [0, 0.1) is 0 Å². The summed E-state index contributed by atoms with van der Waals surface area (Å²) in [6.45, 7) is -0.247. The van der Waals surface area contributed by atoms with Gasteiger partial charge in [-0.15, -0.1) is 0 Å². The van der Waals surface area contributed by atoms with Gasteiger partial charge in [-0.3, -0.25) is 9.13 Å². The average molecular weight is 375 g/mol. The highest BCUT2D eigenvalue weighted by atomic mass is 31.2. The highest BCUT2D eigenvalue weighted by Gasteiger charge is 2.54. The van der Waals surface area contributed by atoms with Crippen molar-refractivity contribution < 1.29 is 33.3 Å². The fourth-order valence-electron chi connectivity index (χ4n) is 2.46. The van der Waals surface area contributed by atoms with E-state index >= 15 is 0 Å². The molecule has 0 radical (unpaired) electrons. The minimum absolute atomic E-state index is 0.0281. The lowest BCUT2D eigenvalue weighted by atomic mass is 10.2. The summed E-state index contributed by atoms with van der Waals surface area (Å²) in [6.07, 6.45) is -0.891. The molecule has 3 aliphatic heterocycles. The molecule has 4 N–H and O–H groups in total. The van der Waals surface area contributed by atoms with E-state index in [0.717, 1.165) is 4.57 Å². The van der Waals surface area contributed by atoms with Crippen LogP contribution in [0.25, 0.3) is 11.5 Å². The van der Waals surface area contributed by atoms with Gasteiger partial charge in [-0.25, -0.2) is 15.0 Å². The monoisotopic (exact) mass is 375 g/mol. The zero-order valence-electron chi connectivity index (χ0n) is 13.5. The molecule has 13 heteroatoms. The van der Waals surface area contributed by atoms with Crippen molar-refractivity contribution in [3.05, 3.63) is 12.7 Å². The predicted octanol–water partition coefficient (Wildman–Crippen LogP) is -0.818. The first-order valence-corrected chi connectivity index (χ1v) is 8.88. The first-order valence-electron chi connectivity index (χ1n) is 7.15. The van der Waals surface area contributed by atoms with E-state index in [-0.39, 0.29) is 23.9 Å². The van der Waals surface area contributed by atoms with E-state index in [9.17, 15) is 14.8 Å². The molecule has 3 aliphatic rings. The van der Waals surface area contributed by atoms with Gasteiger partial charge in [0.05, 0.1) is 6.61 Å². The number of nitrogens with zero attached hydrogens (tertiary/aromatic N) is 4. The number of aromatic nitrogens is 4. The number of aliphatic hydroxyl groups is 2. The van der Waals surface area contributed by atoms with Gasteiger partial charge in [0.1, 0.15) is 30.3 Å². The molecule has 1 fully saturated rings. The molecule has 3 rings (SSSR count). The number of fused-ring (bicyclic) bond motifs is 1. The summed E-state index contributed by atoms with van der Waals surface area (Å²) in [5.41, 5.74) is 6.33. The Hall–Kier alpha value is -1.66. The summed E-state index contributed by atoms with van der Waals surface area (Å²) in [5, 5.41) is 20.4. The van der Waals surface area contributed by atoms with Crippen molar-refractivity contribution in [1.82, 2.24) is 19.5 Å². The molecule has 0 bridgehead atoms. The molecule has 25 heavy (non-hydrogen) atoms. The number of ether oxygens (including phenoxy) is 2. The number of imidazole rings is 1. The number of nitrogen functional groups attached to an aromatic ring is 1. The van der Waals surface area contributed by atoms with Gasteiger partial charge in [0.25, 0.3) is 5.91 Å². The van der Waals surface area contributed by atoms with E-state index in [0.29, 0.717) is 0 Å². The summed E-state index contributed by atoms with van der Waals surface area (Å²) < 4.78 is 34.1. The molecule has 0 aromatic rings. The van der Waals surface area contributed by atoms with Gasteiger partial charge in [0.2, 0.25) is 0 Å². The fraction of sp³-hybridized carbons (Fsp3) is 0.583. The summed E-state index contributed by atoms with van der Waals surface area (Å²) >= 11 is 0. The maximum Gasteiger partial charge on any atom is 0.355 e. The second-order valence-corrected chi connectivity index (χ2v) is 7.46. The fourth-order valence-corrected chi connectivity index (χ4v) is 3.16. The standard InChI is InChI=1S/C12H18N5O7P/c1-21-25(20,22-2)6-24-12(9(19)7(18)3-23-12)17-5-16-11-8(10(17)13)14-4-15-11/h4-5,7,9,18-19H,3,6,13H2,1-2H3/t7-,9-,12+/m1/s1. The van der Waals surface area contributed by atoms with Crippen molar-refractivity contribution in [1.29, 1.82) is 0 Å². The molecular weight excluding hydrogens is 357 g/mol. The van der Waals surface area contributed by atoms with Gasteiger partial charge >= 0.3 is 7.60 Å². The van der Waals surface area contributed by atoms with Crippen LogP contribution in [0.2, 0.25) is 0 Å². The number of nitrogens with two attached hydrogens (primary N) is 1. The molecule has 0 spiro atoms. The van der Waals surface area contributed by atoms with Crippen LogP contribution in [0.5, 0.6) is 0 Å². The molecular formula is C12H18N5O7P. The number of hydrogen-bond donors (Lipinski definition) is 3. The topological polar surface area (TPSA) is 164 Å². The van der Waals surface area contributed by atoms with Crippen molar-refractivity contribution >= 4 is 13.4 Å². The molecule has 138 valence electrons. The summed E-state index contributed by atoms with van der Waals surface area (Å²) in [7, 11) is -1.21. The van der Waals surface area contributed by atoms with E-state index < -0.39 is 32.1 Å². The average Bonchev–Trinajstić information content (AvgIpc) is 3.21. The maximum atomic E-state index is 12.3. The summed E-state index contributed by atoms with van der Waals surface area (Å²) in [5.74, 6) is -1.67. The van der Waals surface area contributed by atoms with E-state index in [4.69, 9.17) is 24.3 Å². The molecule has 0 aromatic carbocycles. The minimum Gasteiger partial charge on any atom is -0.388 e. The largest absolute Gasteiger partial charge is 0.388 e. The highest BCUT2D eigenvalue weighted by Crippen LogP contribution is 2.49. The molecule has 0 aliphatic carbocycles. The Morgan fingerprint density at radius 1 is 1.40 bits per heavy atom. The van der Waals surface area contributed by atoms with Crippen molar-refractivity contribution in [3.63, 3.8) is 0 Å². The minimum atomic E-state index is -3.59. The molecule has 0 aromatic heterocycles. The third kappa shape index (κ3) is 2.91. The maximum absolute atomic E-state index is 12.3. The molecule has 0 amide bonds. The van der Waals surface area contributed by atoms with Crippen LogP contribution in [-0.4, -0.2) is 69.1 Å². The third-order valence-electron chi connectivity index (χ3n) is 3.90. The number of aliphatic hydroxyl groups excluding tert-OH is 2. The zero-order valence-corrected chi connectivity index (χ0v) is 14.4. The lowest BCUT2D eigenvalue weighted by molar-refractivity contribution is -0.297. The lowest BCUT2D eigenvalue weighted by Gasteiger charge is -2.35. The van der Waals surface area contributed by atoms with Crippen molar-refractivity contribution in [2.45, 2.75) is 18.1 Å². The Bertz CT molecular complexity index is 764. The Kier molecular flexibility index (Phi) is 4.77. The van der Waals surface area contributed by atoms with Crippen LogP contribution in [0.15, 0.2) is 12.7 Å². The van der Waals surface area contributed by atoms with Crippen molar-refractivity contribution in [2.24, 2.45) is 0 Å². The van der Waals surface area contributed by atoms with Crippen LogP contribution < -0.4 is 5.73 Å². The third-order valence-corrected chi connectivity index (χ3v) is 5.46. The first-order chi connectivity index (χ1) is 11.9. The van der Waals surface area contributed by atoms with E-state index in [1.807, 2.05) is 0 Å². The highest BCUT2D eigenvalue weighted by molar-refractivity contribution is 7.53. The molecule has 12 nitrogen and oxygen atoms in total. The van der Waals surface area contributed by atoms with Crippen molar-refractivity contribution in [2.75, 3.05) is 32.9 Å². The van der Waals surface area contributed by atoms with Crippen LogP contribution in [0.3, 0.4) is 0 Å². The molecule has 3 atom stereocenters. The van der Waals surface area contributed by atoms with Gasteiger partial charge in [-0.1, -0.05) is 0 Å². The molecule has 0 unspecified atom stereocenters. The quantitative estimate of drug-likeness (QED) is 0.540. The van der Waals surface area contributed by atoms with E-state index in [1.165, 1.54) is 26.9 Å². The second-order valence-electron chi connectivity index (χ2n) is 5.25. The Morgan fingerprint density at radius 3 is 2.72 bits per heavy atom. The molecule has 3 heterocycles. The second kappa shape index (κ2) is 6.57. The first kappa shape index (κ1) is 18.1.